The molecule has 1 aromatic heterocycles. The number of halogens is 4. The summed E-state index contributed by atoms with van der Waals surface area (Å²) in [7, 11) is 3.41. The molecule has 0 bridgehead atoms. The van der Waals surface area contributed by atoms with E-state index in [0.717, 1.165) is 5.56 Å². The number of ether oxygens (including phenoxy) is 1. The molecule has 0 radical (unpaired) electrons. The van der Waals surface area contributed by atoms with Crippen LogP contribution in [0.3, 0.4) is 0 Å². The van der Waals surface area contributed by atoms with Crippen LogP contribution in [0.25, 0.3) is 0 Å². The van der Waals surface area contributed by atoms with E-state index in [-0.39, 0.29) is 18.3 Å². The number of carbonyl (C=O) groups excluding carboxylic acids is 1. The predicted octanol–water partition coefficient (Wildman–Crippen LogP) is 1.71. The third kappa shape index (κ3) is 6.92. The van der Waals surface area contributed by atoms with Crippen LogP contribution >= 0.6 is 11.6 Å². The van der Waals surface area contributed by atoms with Crippen LogP contribution in [-0.2, 0) is 23.1 Å². The Balaban J connectivity index is 0.000000509. The second-order valence-electron chi connectivity index (χ2n) is 7.22. The number of morpholine rings is 1. The van der Waals surface area contributed by atoms with E-state index in [1.165, 1.54) is 11.6 Å². The monoisotopic (exact) mass is 506 g/mol. The first kappa shape index (κ1) is 27.1. The van der Waals surface area contributed by atoms with Crippen LogP contribution in [0, 0.1) is 0 Å². The quantitative estimate of drug-likeness (QED) is 0.570. The molecule has 3 N–H and O–H groups in total. The van der Waals surface area contributed by atoms with Gasteiger partial charge in [-0.1, -0.05) is 23.7 Å². The van der Waals surface area contributed by atoms with Crippen molar-refractivity contribution in [2.45, 2.75) is 18.8 Å². The molecular weight excluding hydrogens is 485 g/mol. The summed E-state index contributed by atoms with van der Waals surface area (Å²) in [4.78, 5) is 40.1. The van der Waals surface area contributed by atoms with Crippen molar-refractivity contribution in [2.24, 2.45) is 7.05 Å². The lowest BCUT2D eigenvalue weighted by molar-refractivity contribution is -0.192. The van der Waals surface area contributed by atoms with Gasteiger partial charge in [-0.05, 0) is 24.7 Å². The lowest BCUT2D eigenvalue weighted by Gasteiger charge is -2.32. The minimum atomic E-state index is -5.08. The number of rotatable bonds is 4. The van der Waals surface area contributed by atoms with Crippen LogP contribution < -0.4 is 10.9 Å². The van der Waals surface area contributed by atoms with E-state index < -0.39 is 29.4 Å². The van der Waals surface area contributed by atoms with Crippen molar-refractivity contribution >= 4 is 23.5 Å². The van der Waals surface area contributed by atoms with Crippen LogP contribution in [0.4, 0.5) is 13.2 Å². The molecule has 3 rings (SSSR count). The number of benzene rings is 1. The molecule has 0 saturated carbocycles. The fourth-order valence-electron chi connectivity index (χ4n) is 2.93. The summed E-state index contributed by atoms with van der Waals surface area (Å²) in [5, 5.41) is 20.5. The number of likely N-dealkylation sites (N-methyl/N-ethyl adjacent to an activating group) is 1. The van der Waals surface area contributed by atoms with Gasteiger partial charge >= 0.3 is 12.1 Å². The maximum atomic E-state index is 12.5. The van der Waals surface area contributed by atoms with E-state index in [1.54, 1.807) is 18.2 Å². The highest BCUT2D eigenvalue weighted by Gasteiger charge is 2.38. The van der Waals surface area contributed by atoms with Crippen molar-refractivity contribution in [1.82, 2.24) is 19.8 Å². The topological polar surface area (TPSA) is 134 Å². The van der Waals surface area contributed by atoms with Gasteiger partial charge in [0, 0.05) is 25.2 Å². The Labute approximate surface area is 196 Å². The number of aliphatic carboxylic acids is 1. The lowest BCUT2D eigenvalue weighted by Crippen LogP contribution is -2.41. The maximum Gasteiger partial charge on any atom is 0.490 e. The standard InChI is InChI=1S/C18H21ClN4O4.C2HF3O2/c1-22-6-7-27-10-13(22)16-21-14(15(24)18(26)23(16)2)17(25)20-9-11-4-3-5-12(19)8-11;3-2(4,5)1(6)7/h3-5,8,13,24H,6-7,9-10H2,1-2H3,(H,20,25);(H,6,7). The fourth-order valence-corrected chi connectivity index (χ4v) is 3.15. The molecule has 1 fully saturated rings. The normalized spacial score (nSPS) is 16.4. The number of carbonyl (C=O) groups is 2. The van der Waals surface area contributed by atoms with E-state index in [1.807, 2.05) is 18.0 Å². The third-order valence-corrected chi connectivity index (χ3v) is 5.03. The average molecular weight is 507 g/mol. The van der Waals surface area contributed by atoms with Crippen LogP contribution in [0.5, 0.6) is 5.75 Å². The molecular formula is C20H22ClF3N4O6. The number of alkyl halides is 3. The number of carboxylic acid groups (broad SMARTS) is 1. The molecule has 186 valence electrons. The molecule has 0 aliphatic carbocycles. The van der Waals surface area contributed by atoms with E-state index in [9.17, 15) is 27.9 Å². The van der Waals surface area contributed by atoms with Crippen molar-refractivity contribution < 1.29 is 37.7 Å². The van der Waals surface area contributed by atoms with Gasteiger partial charge in [-0.3, -0.25) is 19.1 Å². The van der Waals surface area contributed by atoms with Crippen molar-refractivity contribution in [1.29, 1.82) is 0 Å². The first-order chi connectivity index (χ1) is 15.8. The van der Waals surface area contributed by atoms with Crippen molar-refractivity contribution in [3.8, 4) is 5.75 Å². The van der Waals surface area contributed by atoms with Crippen LogP contribution in [0.2, 0.25) is 5.02 Å². The summed E-state index contributed by atoms with van der Waals surface area (Å²) in [5.41, 5.74) is -0.180. The molecule has 1 amide bonds. The average Bonchev–Trinajstić information content (AvgIpc) is 2.77. The van der Waals surface area contributed by atoms with Gasteiger partial charge in [0.1, 0.15) is 5.82 Å². The van der Waals surface area contributed by atoms with E-state index in [4.69, 9.17) is 26.2 Å². The van der Waals surface area contributed by atoms with Crippen molar-refractivity contribution in [3.63, 3.8) is 0 Å². The molecule has 1 aliphatic heterocycles. The number of hydrogen-bond acceptors (Lipinski definition) is 7. The fraction of sp³-hybridized carbons (Fsp3) is 0.400. The highest BCUT2D eigenvalue weighted by Crippen LogP contribution is 2.22. The van der Waals surface area contributed by atoms with E-state index >= 15 is 0 Å². The van der Waals surface area contributed by atoms with Crippen LogP contribution in [-0.4, -0.2) is 69.5 Å². The third-order valence-electron chi connectivity index (χ3n) is 4.80. The predicted molar refractivity (Wildman–Crippen MR) is 114 cm³/mol. The minimum absolute atomic E-state index is 0.192. The second kappa shape index (κ2) is 11.3. The summed E-state index contributed by atoms with van der Waals surface area (Å²) in [6.07, 6.45) is -5.08. The molecule has 1 atom stereocenters. The summed E-state index contributed by atoms with van der Waals surface area (Å²) >= 11 is 5.94. The largest absolute Gasteiger partial charge is 0.501 e. The Bertz CT molecular complexity index is 1110. The highest BCUT2D eigenvalue weighted by atomic mass is 35.5. The minimum Gasteiger partial charge on any atom is -0.501 e. The maximum absolute atomic E-state index is 12.5. The van der Waals surface area contributed by atoms with Gasteiger partial charge in [-0.15, -0.1) is 0 Å². The number of nitrogens with one attached hydrogen (secondary N) is 1. The Hall–Kier alpha value is -3.16. The zero-order valence-corrected chi connectivity index (χ0v) is 18.9. The first-order valence-electron chi connectivity index (χ1n) is 9.73. The number of hydrogen-bond donors (Lipinski definition) is 3. The zero-order valence-electron chi connectivity index (χ0n) is 18.1. The smallest absolute Gasteiger partial charge is 0.490 e. The van der Waals surface area contributed by atoms with Gasteiger partial charge in [0.2, 0.25) is 5.75 Å². The molecule has 1 aliphatic rings. The van der Waals surface area contributed by atoms with E-state index in [2.05, 4.69) is 10.3 Å². The van der Waals surface area contributed by atoms with Gasteiger partial charge in [-0.2, -0.15) is 13.2 Å². The molecule has 2 heterocycles. The van der Waals surface area contributed by atoms with E-state index in [0.29, 0.717) is 30.6 Å². The summed E-state index contributed by atoms with van der Waals surface area (Å²) < 4.78 is 38.5. The molecule has 10 nitrogen and oxygen atoms in total. The number of nitrogens with zero attached hydrogens (tertiary/aromatic N) is 3. The highest BCUT2D eigenvalue weighted by molar-refractivity contribution is 6.30. The Kier molecular flexibility index (Phi) is 9.01. The van der Waals surface area contributed by atoms with Crippen molar-refractivity contribution in [2.75, 3.05) is 26.8 Å². The number of amides is 1. The van der Waals surface area contributed by atoms with Gasteiger partial charge in [0.15, 0.2) is 5.69 Å². The molecule has 1 saturated heterocycles. The van der Waals surface area contributed by atoms with Gasteiger partial charge < -0.3 is 20.3 Å². The zero-order chi connectivity index (χ0) is 25.6. The Morgan fingerprint density at radius 2 is 1.97 bits per heavy atom. The first-order valence-corrected chi connectivity index (χ1v) is 10.1. The lowest BCUT2D eigenvalue weighted by atomic mass is 10.2. The van der Waals surface area contributed by atoms with Gasteiger partial charge in [0.25, 0.3) is 11.5 Å². The summed E-state index contributed by atoms with van der Waals surface area (Å²) in [6.45, 7) is 1.81. The SMILES string of the molecule is CN1CCOCC1c1nc(C(=O)NCc2cccc(Cl)c2)c(O)c(=O)n1C.O=C(O)C(F)(F)F. The molecule has 0 spiro atoms. The number of carboxylic acids is 1. The Morgan fingerprint density at radius 1 is 1.32 bits per heavy atom. The number of aromatic hydroxyl groups is 1. The Morgan fingerprint density at radius 3 is 2.53 bits per heavy atom. The molecule has 1 aromatic carbocycles. The van der Waals surface area contributed by atoms with Gasteiger partial charge in [0.05, 0.1) is 19.3 Å². The van der Waals surface area contributed by atoms with Crippen LogP contribution in [0.1, 0.15) is 27.9 Å². The molecule has 1 unspecified atom stereocenters. The van der Waals surface area contributed by atoms with Gasteiger partial charge in [-0.25, -0.2) is 9.78 Å². The second-order valence-corrected chi connectivity index (χ2v) is 7.65. The number of aromatic nitrogens is 2. The molecule has 2 aromatic rings. The molecule has 34 heavy (non-hydrogen) atoms. The van der Waals surface area contributed by atoms with Crippen molar-refractivity contribution in [3.05, 3.63) is 56.7 Å². The van der Waals surface area contributed by atoms with Crippen LogP contribution in [0.15, 0.2) is 29.1 Å². The summed E-state index contributed by atoms with van der Waals surface area (Å²) in [6, 6.07) is 6.75. The molecule has 14 heteroatoms. The summed E-state index contributed by atoms with van der Waals surface area (Å²) in [5.74, 6) is -3.70.